The molecule has 0 amide bonds. The second-order valence-electron chi connectivity index (χ2n) is 4.66. The fourth-order valence-corrected chi connectivity index (χ4v) is 2.36. The molecule has 3 nitrogen and oxygen atoms in total. The first kappa shape index (κ1) is 13.3. The molecule has 1 N–H and O–H groups in total. The molecule has 0 radical (unpaired) electrons. The molecule has 2 aromatic rings. The Balaban J connectivity index is 2.50. The molecule has 1 aromatic heterocycles. The van der Waals surface area contributed by atoms with Crippen LogP contribution in [0.1, 0.15) is 13.8 Å². The summed E-state index contributed by atoms with van der Waals surface area (Å²) in [6.07, 6.45) is 0. The molecule has 1 heterocycles. The molecule has 0 saturated heterocycles. The topological polar surface area (TPSA) is 38.0 Å². The van der Waals surface area contributed by atoms with Gasteiger partial charge in [-0.25, -0.2) is 4.98 Å². The third-order valence-electron chi connectivity index (χ3n) is 2.36. The van der Waals surface area contributed by atoms with Crippen molar-refractivity contribution in [1.29, 1.82) is 0 Å². The molecule has 0 unspecified atom stereocenters. The minimum Gasteiger partial charge on any atom is -0.389 e. The maximum Gasteiger partial charge on any atom is 0.291 e. The van der Waals surface area contributed by atoms with Crippen LogP contribution in [0, 0.1) is 0 Å². The molecule has 1 aromatic carbocycles. The fraction of sp³-hybridized carbons (Fsp3) is 0.417. The van der Waals surface area contributed by atoms with Crippen LogP contribution >= 0.6 is 11.8 Å². The summed E-state index contributed by atoms with van der Waals surface area (Å²) in [7, 11) is 0. The molecular formula is C12H14F2N2OS. The zero-order chi connectivity index (χ0) is 13.3. The molecular weight excluding hydrogens is 258 g/mol. The van der Waals surface area contributed by atoms with Gasteiger partial charge in [0.15, 0.2) is 5.16 Å². The number of imidazole rings is 1. The van der Waals surface area contributed by atoms with Crippen molar-refractivity contribution in [3.05, 3.63) is 24.3 Å². The molecule has 98 valence electrons. The quantitative estimate of drug-likeness (QED) is 0.869. The number of aromatic nitrogens is 2. The van der Waals surface area contributed by atoms with E-state index in [0.717, 1.165) is 5.52 Å². The molecule has 0 aliphatic carbocycles. The maximum absolute atomic E-state index is 12.5. The average Bonchev–Trinajstić information content (AvgIpc) is 2.54. The van der Waals surface area contributed by atoms with Gasteiger partial charge in [0.05, 0.1) is 23.2 Å². The van der Waals surface area contributed by atoms with Gasteiger partial charge < -0.3 is 9.67 Å². The molecule has 0 fully saturated rings. The third-order valence-corrected chi connectivity index (χ3v) is 3.06. The van der Waals surface area contributed by atoms with Gasteiger partial charge in [0, 0.05) is 0 Å². The van der Waals surface area contributed by atoms with Crippen molar-refractivity contribution < 1.29 is 13.9 Å². The number of alkyl halides is 2. The van der Waals surface area contributed by atoms with Gasteiger partial charge in [0.1, 0.15) is 0 Å². The fourth-order valence-electron chi connectivity index (χ4n) is 1.76. The summed E-state index contributed by atoms with van der Waals surface area (Å²) in [6.45, 7) is 3.50. The number of hydrogen-bond donors (Lipinski definition) is 1. The minimum absolute atomic E-state index is 0.225. The Hall–Kier alpha value is -1.14. The Bertz CT molecular complexity index is 548. The number of thioether (sulfide) groups is 1. The van der Waals surface area contributed by atoms with E-state index in [1.54, 1.807) is 30.5 Å². The van der Waals surface area contributed by atoms with Crippen LogP contribution in [-0.4, -0.2) is 26.0 Å². The molecule has 0 spiro atoms. The van der Waals surface area contributed by atoms with Crippen molar-refractivity contribution in [1.82, 2.24) is 9.55 Å². The summed E-state index contributed by atoms with van der Waals surface area (Å²) in [4.78, 5) is 4.17. The number of aliphatic hydroxyl groups is 1. The van der Waals surface area contributed by atoms with Gasteiger partial charge >= 0.3 is 0 Å². The average molecular weight is 272 g/mol. The lowest BCUT2D eigenvalue weighted by atomic mass is 10.1. The van der Waals surface area contributed by atoms with Crippen LogP contribution in [-0.2, 0) is 6.54 Å². The van der Waals surface area contributed by atoms with Crippen LogP contribution in [0.4, 0.5) is 8.78 Å². The van der Waals surface area contributed by atoms with E-state index in [-0.39, 0.29) is 11.7 Å². The Morgan fingerprint density at radius 1 is 1.39 bits per heavy atom. The van der Waals surface area contributed by atoms with E-state index >= 15 is 0 Å². The highest BCUT2D eigenvalue weighted by molar-refractivity contribution is 7.99. The van der Waals surface area contributed by atoms with E-state index in [4.69, 9.17) is 0 Å². The van der Waals surface area contributed by atoms with Gasteiger partial charge in [-0.05, 0) is 37.7 Å². The highest BCUT2D eigenvalue weighted by atomic mass is 32.2. The van der Waals surface area contributed by atoms with Crippen molar-refractivity contribution in [3.8, 4) is 0 Å². The number of hydrogen-bond acceptors (Lipinski definition) is 3. The predicted molar refractivity (Wildman–Crippen MR) is 67.9 cm³/mol. The first-order chi connectivity index (χ1) is 8.37. The smallest absolute Gasteiger partial charge is 0.291 e. The minimum atomic E-state index is -2.53. The summed E-state index contributed by atoms with van der Waals surface area (Å²) < 4.78 is 26.6. The molecule has 0 aliphatic heterocycles. The van der Waals surface area contributed by atoms with E-state index < -0.39 is 11.4 Å². The van der Waals surface area contributed by atoms with E-state index in [0.29, 0.717) is 17.3 Å². The maximum atomic E-state index is 12.5. The summed E-state index contributed by atoms with van der Waals surface area (Å²) in [5.74, 6) is -2.53. The van der Waals surface area contributed by atoms with Crippen LogP contribution in [0.5, 0.6) is 0 Å². The lowest BCUT2D eigenvalue weighted by molar-refractivity contribution is 0.0601. The summed E-state index contributed by atoms with van der Waals surface area (Å²) >= 11 is 0.399. The molecule has 18 heavy (non-hydrogen) atoms. The molecule has 0 atom stereocenters. The first-order valence-corrected chi connectivity index (χ1v) is 6.37. The summed E-state index contributed by atoms with van der Waals surface area (Å²) in [5, 5.41) is 10.1. The molecule has 2 rings (SSSR count). The standard InChI is InChI=1S/C12H14F2N2OS/c1-12(2,17)7-16-9-6-4-3-5-8(9)15-11(16)18-10(13)14/h3-6,10,17H,7H2,1-2H3. The Morgan fingerprint density at radius 3 is 2.67 bits per heavy atom. The van der Waals surface area contributed by atoms with E-state index in [1.807, 2.05) is 12.1 Å². The van der Waals surface area contributed by atoms with Crippen molar-refractivity contribution in [2.75, 3.05) is 0 Å². The third kappa shape index (κ3) is 3.00. The zero-order valence-corrected chi connectivity index (χ0v) is 10.9. The molecule has 0 bridgehead atoms. The molecule has 0 saturated carbocycles. The number of halogens is 2. The number of fused-ring (bicyclic) bond motifs is 1. The van der Waals surface area contributed by atoms with Gasteiger partial charge in [0.2, 0.25) is 0 Å². The van der Waals surface area contributed by atoms with Crippen molar-refractivity contribution in [2.24, 2.45) is 0 Å². The number of para-hydroxylation sites is 2. The number of rotatable bonds is 4. The van der Waals surface area contributed by atoms with Gasteiger partial charge in [-0.3, -0.25) is 0 Å². The summed E-state index contributed by atoms with van der Waals surface area (Å²) in [5.41, 5.74) is 0.425. The Morgan fingerprint density at radius 2 is 2.06 bits per heavy atom. The van der Waals surface area contributed by atoms with Gasteiger partial charge in [0.25, 0.3) is 5.76 Å². The van der Waals surface area contributed by atoms with Crippen LogP contribution in [0.25, 0.3) is 11.0 Å². The zero-order valence-electron chi connectivity index (χ0n) is 10.1. The lowest BCUT2D eigenvalue weighted by Crippen LogP contribution is -2.26. The van der Waals surface area contributed by atoms with Crippen molar-refractivity contribution >= 4 is 22.8 Å². The van der Waals surface area contributed by atoms with Crippen molar-refractivity contribution in [3.63, 3.8) is 0 Å². The van der Waals surface area contributed by atoms with Crippen molar-refractivity contribution in [2.45, 2.75) is 36.9 Å². The van der Waals surface area contributed by atoms with Crippen LogP contribution < -0.4 is 0 Å². The van der Waals surface area contributed by atoms with Crippen LogP contribution in [0.15, 0.2) is 29.4 Å². The second-order valence-corrected chi connectivity index (χ2v) is 5.62. The van der Waals surface area contributed by atoms with Gasteiger partial charge in [-0.1, -0.05) is 12.1 Å². The van der Waals surface area contributed by atoms with E-state index in [1.165, 1.54) is 0 Å². The highest BCUT2D eigenvalue weighted by Gasteiger charge is 2.21. The second kappa shape index (κ2) is 4.85. The van der Waals surface area contributed by atoms with Crippen LogP contribution in [0.3, 0.4) is 0 Å². The van der Waals surface area contributed by atoms with E-state index in [2.05, 4.69) is 4.98 Å². The Labute approximate surface area is 108 Å². The molecule has 0 aliphatic rings. The van der Waals surface area contributed by atoms with Gasteiger partial charge in [-0.15, -0.1) is 0 Å². The highest BCUT2D eigenvalue weighted by Crippen LogP contribution is 2.29. The lowest BCUT2D eigenvalue weighted by Gasteiger charge is -2.19. The monoisotopic (exact) mass is 272 g/mol. The predicted octanol–water partition coefficient (Wildman–Crippen LogP) is 3.12. The van der Waals surface area contributed by atoms with Gasteiger partial charge in [-0.2, -0.15) is 8.78 Å². The van der Waals surface area contributed by atoms with E-state index in [9.17, 15) is 13.9 Å². The number of benzene rings is 1. The molecule has 6 heteroatoms. The largest absolute Gasteiger partial charge is 0.389 e. The Kier molecular flexibility index (Phi) is 3.59. The SMILES string of the molecule is CC(C)(O)Cn1c(SC(F)F)nc2ccccc21. The summed E-state index contributed by atoms with van der Waals surface area (Å²) in [6, 6.07) is 7.21. The van der Waals surface area contributed by atoms with Crippen LogP contribution in [0.2, 0.25) is 0 Å². The number of nitrogens with zero attached hydrogens (tertiary/aromatic N) is 2. The normalized spacial score (nSPS) is 12.6. The first-order valence-electron chi connectivity index (χ1n) is 5.49.